The van der Waals surface area contributed by atoms with E-state index in [1.165, 1.54) is 18.2 Å². The molecule has 0 spiro atoms. The van der Waals surface area contributed by atoms with Gasteiger partial charge in [-0.2, -0.15) is 0 Å². The van der Waals surface area contributed by atoms with Crippen molar-refractivity contribution in [2.75, 3.05) is 0 Å². The van der Waals surface area contributed by atoms with E-state index >= 15 is 0 Å². The second-order valence-electron chi connectivity index (χ2n) is 5.17. The number of hydrogen-bond acceptors (Lipinski definition) is 6. The molecule has 21 heavy (non-hydrogen) atoms. The number of aliphatic hydroxyl groups is 1. The van der Waals surface area contributed by atoms with Gasteiger partial charge in [-0.15, -0.1) is 0 Å². The molecule has 0 aliphatic carbocycles. The van der Waals surface area contributed by atoms with Crippen LogP contribution in [-0.2, 0) is 0 Å². The van der Waals surface area contributed by atoms with Gasteiger partial charge in [0.1, 0.15) is 34.9 Å². The molecular weight excluding hydrogens is 276 g/mol. The standard InChI is InChI=1S/C15H12O6/c16-6-1-2-8-10(4-6)20-15-12-9(18)3-7(17)5-11(12)21-14(8)13(15)19/h1-5,13-19H/t13?,14-,15+/m1/s1. The highest BCUT2D eigenvalue weighted by molar-refractivity contribution is 5.56. The van der Waals surface area contributed by atoms with Crippen LogP contribution in [0.3, 0.4) is 0 Å². The summed E-state index contributed by atoms with van der Waals surface area (Å²) in [5, 5.41) is 39.4. The number of aliphatic hydroxyl groups excluding tert-OH is 1. The summed E-state index contributed by atoms with van der Waals surface area (Å²) in [6.07, 6.45) is -2.51. The predicted octanol–water partition coefficient (Wildman–Crippen LogP) is 1.73. The maximum absolute atomic E-state index is 10.4. The number of fused-ring (bicyclic) bond motifs is 6. The Balaban J connectivity index is 1.91. The molecule has 2 bridgehead atoms. The van der Waals surface area contributed by atoms with Crippen LogP contribution < -0.4 is 9.47 Å². The monoisotopic (exact) mass is 288 g/mol. The van der Waals surface area contributed by atoms with Gasteiger partial charge in [0.15, 0.2) is 12.2 Å². The van der Waals surface area contributed by atoms with E-state index in [4.69, 9.17) is 9.47 Å². The highest BCUT2D eigenvalue weighted by atomic mass is 16.5. The zero-order valence-electron chi connectivity index (χ0n) is 10.7. The smallest absolute Gasteiger partial charge is 0.161 e. The number of rotatable bonds is 0. The van der Waals surface area contributed by atoms with E-state index in [1.807, 2.05) is 0 Å². The maximum Gasteiger partial charge on any atom is 0.161 e. The van der Waals surface area contributed by atoms with Crippen molar-refractivity contribution in [1.82, 2.24) is 0 Å². The quantitative estimate of drug-likeness (QED) is 0.589. The molecule has 2 heterocycles. The lowest BCUT2D eigenvalue weighted by atomic mass is 9.88. The summed E-state index contributed by atoms with van der Waals surface area (Å²) in [6, 6.07) is 7.07. The van der Waals surface area contributed by atoms with Crippen molar-refractivity contribution < 1.29 is 29.9 Å². The van der Waals surface area contributed by atoms with E-state index in [9.17, 15) is 20.4 Å². The van der Waals surface area contributed by atoms with Crippen molar-refractivity contribution in [2.24, 2.45) is 0 Å². The summed E-state index contributed by atoms with van der Waals surface area (Å²) in [5.74, 6) is 0.362. The van der Waals surface area contributed by atoms with Gasteiger partial charge in [-0.05, 0) is 12.1 Å². The Morgan fingerprint density at radius 2 is 1.52 bits per heavy atom. The Hall–Kier alpha value is -2.60. The molecule has 0 aromatic heterocycles. The molecule has 6 nitrogen and oxygen atoms in total. The van der Waals surface area contributed by atoms with Gasteiger partial charge >= 0.3 is 0 Å². The van der Waals surface area contributed by atoms with Gasteiger partial charge in [-0.3, -0.25) is 0 Å². The van der Waals surface area contributed by atoms with E-state index in [-0.39, 0.29) is 28.6 Å². The lowest BCUT2D eigenvalue weighted by Gasteiger charge is -2.41. The Bertz CT molecular complexity index is 741. The van der Waals surface area contributed by atoms with E-state index in [2.05, 4.69) is 0 Å². The fourth-order valence-corrected chi connectivity index (χ4v) is 2.89. The third kappa shape index (κ3) is 1.62. The van der Waals surface area contributed by atoms with Crippen LogP contribution in [-0.4, -0.2) is 26.5 Å². The van der Waals surface area contributed by atoms with Gasteiger partial charge in [0.25, 0.3) is 0 Å². The first-order valence-electron chi connectivity index (χ1n) is 6.45. The summed E-state index contributed by atoms with van der Waals surface area (Å²) in [7, 11) is 0. The van der Waals surface area contributed by atoms with Crippen LogP contribution in [0.2, 0.25) is 0 Å². The third-order valence-corrected chi connectivity index (χ3v) is 3.82. The topological polar surface area (TPSA) is 99.4 Å². The minimum atomic E-state index is -0.995. The summed E-state index contributed by atoms with van der Waals surface area (Å²) < 4.78 is 11.4. The minimum Gasteiger partial charge on any atom is -0.508 e. The van der Waals surface area contributed by atoms with Crippen LogP contribution in [0.1, 0.15) is 23.3 Å². The largest absolute Gasteiger partial charge is 0.508 e. The second-order valence-corrected chi connectivity index (χ2v) is 5.17. The number of ether oxygens (including phenoxy) is 2. The van der Waals surface area contributed by atoms with Gasteiger partial charge in [-0.1, -0.05) is 0 Å². The predicted molar refractivity (Wildman–Crippen MR) is 70.6 cm³/mol. The molecule has 0 amide bonds. The third-order valence-electron chi connectivity index (χ3n) is 3.82. The summed E-state index contributed by atoms with van der Waals surface area (Å²) in [5.41, 5.74) is 0.885. The van der Waals surface area contributed by atoms with E-state index in [0.717, 1.165) is 6.07 Å². The molecular formula is C15H12O6. The van der Waals surface area contributed by atoms with Crippen LogP contribution in [0.15, 0.2) is 30.3 Å². The van der Waals surface area contributed by atoms with Crippen molar-refractivity contribution in [1.29, 1.82) is 0 Å². The first-order chi connectivity index (χ1) is 10.0. The lowest BCUT2D eigenvalue weighted by Crippen LogP contribution is -2.40. The van der Waals surface area contributed by atoms with E-state index in [1.54, 1.807) is 6.07 Å². The van der Waals surface area contributed by atoms with Crippen LogP contribution in [0.5, 0.6) is 28.7 Å². The number of hydrogen-bond donors (Lipinski definition) is 4. The van der Waals surface area contributed by atoms with Gasteiger partial charge in [-0.25, -0.2) is 0 Å². The Morgan fingerprint density at radius 1 is 0.810 bits per heavy atom. The van der Waals surface area contributed by atoms with Crippen molar-refractivity contribution >= 4 is 0 Å². The van der Waals surface area contributed by atoms with Crippen LogP contribution in [0.4, 0.5) is 0 Å². The van der Waals surface area contributed by atoms with Crippen LogP contribution >= 0.6 is 0 Å². The molecule has 0 saturated heterocycles. The second kappa shape index (κ2) is 3.95. The van der Waals surface area contributed by atoms with Gasteiger partial charge in [0.2, 0.25) is 0 Å². The average molecular weight is 288 g/mol. The fraction of sp³-hybridized carbons (Fsp3) is 0.200. The van der Waals surface area contributed by atoms with Crippen LogP contribution in [0.25, 0.3) is 0 Å². The highest BCUT2D eigenvalue weighted by Gasteiger charge is 2.46. The first-order valence-corrected chi connectivity index (χ1v) is 6.45. The first kappa shape index (κ1) is 12.2. The molecule has 2 aliphatic rings. The molecule has 0 saturated carbocycles. The number of phenols is 3. The molecule has 0 fully saturated rings. The van der Waals surface area contributed by atoms with Gasteiger partial charge in [0.05, 0.1) is 5.56 Å². The van der Waals surface area contributed by atoms with Crippen molar-refractivity contribution in [3.8, 4) is 28.7 Å². The molecule has 6 heteroatoms. The zero-order valence-corrected chi connectivity index (χ0v) is 10.7. The lowest BCUT2D eigenvalue weighted by molar-refractivity contribution is -0.0778. The normalized spacial score (nSPS) is 25.3. The molecule has 2 aromatic rings. The van der Waals surface area contributed by atoms with Crippen molar-refractivity contribution in [3.05, 3.63) is 41.5 Å². The fourth-order valence-electron chi connectivity index (χ4n) is 2.89. The number of phenolic OH excluding ortho intramolecular Hbond substituents is 3. The molecule has 4 N–H and O–H groups in total. The highest BCUT2D eigenvalue weighted by Crippen LogP contribution is 2.53. The van der Waals surface area contributed by atoms with Crippen LogP contribution in [0, 0.1) is 0 Å². The maximum atomic E-state index is 10.4. The Labute approximate surface area is 119 Å². The molecule has 2 aromatic carbocycles. The summed E-state index contributed by atoms with van der Waals surface area (Å²) in [4.78, 5) is 0. The summed E-state index contributed by atoms with van der Waals surface area (Å²) in [6.45, 7) is 0. The van der Waals surface area contributed by atoms with Gasteiger partial charge in [0, 0.05) is 23.8 Å². The average Bonchev–Trinajstić information content (AvgIpc) is 2.40. The molecule has 1 unspecified atom stereocenters. The summed E-state index contributed by atoms with van der Waals surface area (Å²) >= 11 is 0. The minimum absolute atomic E-state index is 0.0402. The SMILES string of the molecule is Oc1ccc2c(c1)O[C@H]1c3c(O)cc(O)cc3O[C@H]2C1O. The number of aromatic hydroxyl groups is 3. The Kier molecular flexibility index (Phi) is 2.29. The Morgan fingerprint density at radius 3 is 2.33 bits per heavy atom. The van der Waals surface area contributed by atoms with E-state index in [0.29, 0.717) is 11.3 Å². The molecule has 2 aliphatic heterocycles. The van der Waals surface area contributed by atoms with Crippen molar-refractivity contribution in [3.63, 3.8) is 0 Å². The molecule has 3 atom stereocenters. The molecule has 108 valence electrons. The molecule has 0 radical (unpaired) electrons. The number of benzene rings is 2. The van der Waals surface area contributed by atoms with Crippen molar-refractivity contribution in [2.45, 2.75) is 18.3 Å². The zero-order chi connectivity index (χ0) is 14.7. The molecule has 4 rings (SSSR count). The van der Waals surface area contributed by atoms with E-state index < -0.39 is 18.3 Å². The van der Waals surface area contributed by atoms with Gasteiger partial charge < -0.3 is 29.9 Å².